The van der Waals surface area contributed by atoms with Crippen LogP contribution in [-0.4, -0.2) is 14.5 Å². The van der Waals surface area contributed by atoms with Crippen molar-refractivity contribution in [2.24, 2.45) is 5.41 Å². The summed E-state index contributed by atoms with van der Waals surface area (Å²) >= 11 is 0. The summed E-state index contributed by atoms with van der Waals surface area (Å²) in [6, 6.07) is 20.2. The average molecular weight is 429 g/mol. The molecule has 0 saturated heterocycles. The van der Waals surface area contributed by atoms with Gasteiger partial charge in [-0.2, -0.15) is 0 Å². The smallest absolute Gasteiger partial charge is 0.243 e. The zero-order valence-corrected chi connectivity index (χ0v) is 19.8. The molecule has 0 aliphatic rings. The Kier molecular flexibility index (Phi) is 5.68. The van der Waals surface area contributed by atoms with E-state index in [1.807, 2.05) is 42.5 Å². The van der Waals surface area contributed by atoms with E-state index in [2.05, 4.69) is 74.6 Å². The fraction of sp³-hybridized carbons (Fsp3) is 0.333. The third kappa shape index (κ3) is 4.77. The number of nitrogens with one attached hydrogen (secondary N) is 1. The molecule has 0 fully saturated rings. The molecule has 32 heavy (non-hydrogen) atoms. The lowest BCUT2D eigenvalue weighted by Crippen LogP contribution is -2.17. The number of ether oxygens (including phenoxy) is 1. The molecular formula is C27H32N4O. The molecule has 5 nitrogen and oxygen atoms in total. The van der Waals surface area contributed by atoms with Crippen LogP contribution in [-0.2, 0) is 12.0 Å². The summed E-state index contributed by atoms with van der Waals surface area (Å²) in [4.78, 5) is 9.40. The highest BCUT2D eigenvalue weighted by atomic mass is 16.5. The Morgan fingerprint density at radius 1 is 0.875 bits per heavy atom. The molecule has 5 heteroatoms. The topological polar surface area (TPSA) is 52.0 Å². The first-order valence-electron chi connectivity index (χ1n) is 11.1. The zero-order chi connectivity index (χ0) is 22.9. The number of fused-ring (bicyclic) bond motifs is 1. The van der Waals surface area contributed by atoms with Gasteiger partial charge in [0.05, 0.1) is 11.0 Å². The Bertz CT molecular complexity index is 1230. The van der Waals surface area contributed by atoms with Crippen LogP contribution in [0, 0.1) is 5.41 Å². The highest BCUT2D eigenvalue weighted by Crippen LogP contribution is 2.36. The summed E-state index contributed by atoms with van der Waals surface area (Å²) in [5.41, 5.74) is 4.04. The van der Waals surface area contributed by atoms with Gasteiger partial charge in [0.15, 0.2) is 0 Å². The molecule has 4 aromatic rings. The van der Waals surface area contributed by atoms with Gasteiger partial charge in [-0.15, -0.1) is 0 Å². The van der Waals surface area contributed by atoms with E-state index in [-0.39, 0.29) is 10.8 Å². The van der Waals surface area contributed by atoms with E-state index in [0.717, 1.165) is 40.5 Å². The highest BCUT2D eigenvalue weighted by molar-refractivity contribution is 5.80. The number of rotatable bonds is 5. The van der Waals surface area contributed by atoms with Crippen molar-refractivity contribution in [3.8, 4) is 11.6 Å². The number of pyridine rings is 1. The van der Waals surface area contributed by atoms with Crippen molar-refractivity contribution in [3.63, 3.8) is 0 Å². The normalized spacial score (nSPS) is 12.2. The second-order valence-electron chi connectivity index (χ2n) is 10.4. The average Bonchev–Trinajstić information content (AvgIpc) is 3.05. The maximum atomic E-state index is 6.34. The summed E-state index contributed by atoms with van der Waals surface area (Å²) in [7, 11) is 0. The number of hydrogen-bond acceptors (Lipinski definition) is 4. The van der Waals surface area contributed by atoms with Gasteiger partial charge in [-0.3, -0.25) is 0 Å². The van der Waals surface area contributed by atoms with E-state index < -0.39 is 0 Å². The fourth-order valence-electron chi connectivity index (χ4n) is 3.77. The largest absolute Gasteiger partial charge is 0.437 e. The fourth-order valence-corrected chi connectivity index (χ4v) is 3.77. The van der Waals surface area contributed by atoms with Crippen molar-refractivity contribution >= 4 is 22.7 Å². The van der Waals surface area contributed by atoms with Crippen molar-refractivity contribution in [2.45, 2.75) is 53.5 Å². The standard InChI is InChI=1S/C27H32N4O/c1-26(2,3)18-31-22-15-9-8-13-20(22)29-25(31)30-21-14-11-17-28-24(21)32-23-16-10-7-12-19(23)27(4,5)6/h7-17H,18H2,1-6H3,(H,29,30). The van der Waals surface area contributed by atoms with Crippen LogP contribution in [0.25, 0.3) is 11.0 Å². The first-order chi connectivity index (χ1) is 15.1. The van der Waals surface area contributed by atoms with Crippen LogP contribution in [0.15, 0.2) is 66.9 Å². The lowest BCUT2D eigenvalue weighted by Gasteiger charge is -2.23. The van der Waals surface area contributed by atoms with Gasteiger partial charge < -0.3 is 14.6 Å². The second kappa shape index (κ2) is 8.30. The molecule has 1 N–H and O–H groups in total. The van der Waals surface area contributed by atoms with E-state index in [9.17, 15) is 0 Å². The molecule has 166 valence electrons. The van der Waals surface area contributed by atoms with Gasteiger partial charge in [0.2, 0.25) is 11.8 Å². The molecule has 2 aromatic heterocycles. The molecule has 0 aliphatic heterocycles. The Morgan fingerprint density at radius 3 is 2.34 bits per heavy atom. The summed E-state index contributed by atoms with van der Waals surface area (Å²) in [6.45, 7) is 14.1. The molecule has 2 heterocycles. The van der Waals surface area contributed by atoms with Crippen LogP contribution < -0.4 is 10.1 Å². The van der Waals surface area contributed by atoms with Gasteiger partial charge in [-0.1, -0.05) is 71.9 Å². The molecule has 0 amide bonds. The van der Waals surface area contributed by atoms with Gasteiger partial charge in [0, 0.05) is 18.3 Å². The number of hydrogen-bond donors (Lipinski definition) is 1. The molecule has 0 spiro atoms. The molecular weight excluding hydrogens is 396 g/mol. The summed E-state index contributed by atoms with van der Waals surface area (Å²) < 4.78 is 8.57. The third-order valence-electron chi connectivity index (χ3n) is 5.21. The van der Waals surface area contributed by atoms with E-state index in [4.69, 9.17) is 9.72 Å². The van der Waals surface area contributed by atoms with E-state index in [1.54, 1.807) is 6.20 Å². The maximum absolute atomic E-state index is 6.34. The number of para-hydroxylation sites is 3. The first kappa shape index (κ1) is 21.9. The van der Waals surface area contributed by atoms with E-state index in [0.29, 0.717) is 5.88 Å². The molecule has 0 saturated carbocycles. The highest BCUT2D eigenvalue weighted by Gasteiger charge is 2.21. The number of aromatic nitrogens is 3. The number of imidazole rings is 1. The molecule has 0 bridgehead atoms. The van der Waals surface area contributed by atoms with Crippen molar-refractivity contribution < 1.29 is 4.74 Å². The van der Waals surface area contributed by atoms with Crippen molar-refractivity contribution in [1.29, 1.82) is 0 Å². The Labute approximate surface area is 190 Å². The Morgan fingerprint density at radius 2 is 1.59 bits per heavy atom. The number of anilines is 2. The minimum absolute atomic E-state index is 0.0420. The van der Waals surface area contributed by atoms with Crippen molar-refractivity contribution in [2.75, 3.05) is 5.32 Å². The minimum atomic E-state index is -0.0420. The lowest BCUT2D eigenvalue weighted by molar-refractivity contribution is 0.350. The van der Waals surface area contributed by atoms with Gasteiger partial charge in [-0.25, -0.2) is 9.97 Å². The first-order valence-corrected chi connectivity index (χ1v) is 11.1. The van der Waals surface area contributed by atoms with Crippen LogP contribution in [0.3, 0.4) is 0 Å². The maximum Gasteiger partial charge on any atom is 0.243 e. The molecule has 4 rings (SSSR count). The Hall–Kier alpha value is -3.34. The van der Waals surface area contributed by atoms with Crippen LogP contribution in [0.5, 0.6) is 11.6 Å². The van der Waals surface area contributed by atoms with Crippen LogP contribution in [0.4, 0.5) is 11.6 Å². The second-order valence-corrected chi connectivity index (χ2v) is 10.4. The van der Waals surface area contributed by atoms with Crippen LogP contribution >= 0.6 is 0 Å². The van der Waals surface area contributed by atoms with Crippen LogP contribution in [0.2, 0.25) is 0 Å². The van der Waals surface area contributed by atoms with Gasteiger partial charge >= 0.3 is 0 Å². The minimum Gasteiger partial charge on any atom is -0.437 e. The predicted octanol–water partition coefficient (Wildman–Crippen LogP) is 7.31. The number of benzene rings is 2. The van der Waals surface area contributed by atoms with Crippen molar-refractivity contribution in [1.82, 2.24) is 14.5 Å². The molecule has 2 aromatic carbocycles. The summed E-state index contributed by atoms with van der Waals surface area (Å²) in [5.74, 6) is 2.12. The van der Waals surface area contributed by atoms with E-state index >= 15 is 0 Å². The Balaban J connectivity index is 1.73. The molecule has 0 atom stereocenters. The van der Waals surface area contributed by atoms with Crippen molar-refractivity contribution in [3.05, 3.63) is 72.4 Å². The molecule has 0 aliphatic carbocycles. The van der Waals surface area contributed by atoms with E-state index in [1.165, 1.54) is 0 Å². The molecule has 0 unspecified atom stereocenters. The summed E-state index contributed by atoms with van der Waals surface area (Å²) in [6.07, 6.45) is 1.75. The lowest BCUT2D eigenvalue weighted by atomic mass is 9.86. The predicted molar refractivity (Wildman–Crippen MR) is 132 cm³/mol. The van der Waals surface area contributed by atoms with Gasteiger partial charge in [0.1, 0.15) is 11.4 Å². The molecule has 0 radical (unpaired) electrons. The van der Waals surface area contributed by atoms with Crippen LogP contribution in [0.1, 0.15) is 47.1 Å². The van der Waals surface area contributed by atoms with Gasteiger partial charge in [-0.05, 0) is 41.2 Å². The monoisotopic (exact) mass is 428 g/mol. The number of nitrogens with zero attached hydrogens (tertiary/aromatic N) is 3. The zero-order valence-electron chi connectivity index (χ0n) is 19.8. The van der Waals surface area contributed by atoms with Gasteiger partial charge in [0.25, 0.3) is 0 Å². The SMILES string of the molecule is CC(C)(C)Cn1c(Nc2cccnc2Oc2ccccc2C(C)(C)C)nc2ccccc21. The third-order valence-corrected chi connectivity index (χ3v) is 5.21. The quantitative estimate of drug-likeness (QED) is 0.362. The summed E-state index contributed by atoms with van der Waals surface area (Å²) in [5, 5.41) is 3.50.